The van der Waals surface area contributed by atoms with Gasteiger partial charge in [-0.25, -0.2) is 0 Å². The van der Waals surface area contributed by atoms with Crippen LogP contribution in [0.5, 0.6) is 5.75 Å². The molecule has 0 saturated heterocycles. The first kappa shape index (κ1) is 18.2. The van der Waals surface area contributed by atoms with Crippen LogP contribution in [0.1, 0.15) is 37.8 Å². The third-order valence-electron chi connectivity index (χ3n) is 4.53. The Hall–Kier alpha value is -2.13. The molecule has 0 spiro atoms. The van der Waals surface area contributed by atoms with Gasteiger partial charge in [-0.3, -0.25) is 0 Å². The smallest absolute Gasteiger partial charge is 0.122 e. The topological polar surface area (TPSA) is 46.5 Å². The minimum atomic E-state index is -0.926. The summed E-state index contributed by atoms with van der Waals surface area (Å²) in [5.74, 6) is 0.880. The highest BCUT2D eigenvalue weighted by Crippen LogP contribution is 2.26. The number of aldehydes is 1. The quantitative estimate of drug-likeness (QED) is 0.703. The fraction of sp³-hybridized carbons (Fsp3) is 0.381. The van der Waals surface area contributed by atoms with Crippen LogP contribution in [0.2, 0.25) is 0 Å². The van der Waals surface area contributed by atoms with Crippen molar-refractivity contribution in [1.82, 2.24) is 0 Å². The Morgan fingerprint density at radius 3 is 2.29 bits per heavy atom. The molecular formula is C21H26O3. The standard InChI is InChI=1S/C21H26O3/c1-17(2)21(23,14-15-22)13-12-18-8-10-20(11-9-18)24-16-19-6-4-3-5-7-19/h3-11,15,17,23H,12-14,16H2,1-2H3/t21-/m0/s1. The Morgan fingerprint density at radius 2 is 1.71 bits per heavy atom. The van der Waals surface area contributed by atoms with Gasteiger partial charge in [-0.15, -0.1) is 0 Å². The van der Waals surface area contributed by atoms with Gasteiger partial charge in [0.1, 0.15) is 18.6 Å². The van der Waals surface area contributed by atoms with E-state index in [4.69, 9.17) is 4.74 Å². The number of aryl methyl sites for hydroxylation is 1. The fourth-order valence-corrected chi connectivity index (χ4v) is 2.62. The van der Waals surface area contributed by atoms with Crippen LogP contribution in [0.4, 0.5) is 0 Å². The molecule has 2 aromatic carbocycles. The zero-order valence-corrected chi connectivity index (χ0v) is 14.4. The highest BCUT2D eigenvalue weighted by Gasteiger charge is 2.29. The molecule has 3 heteroatoms. The number of hydrogen-bond donors (Lipinski definition) is 1. The molecular weight excluding hydrogens is 300 g/mol. The molecule has 0 saturated carbocycles. The Bertz CT molecular complexity index is 619. The molecule has 1 N–H and O–H groups in total. The van der Waals surface area contributed by atoms with E-state index in [1.165, 1.54) is 0 Å². The first-order valence-corrected chi connectivity index (χ1v) is 8.45. The van der Waals surface area contributed by atoms with Crippen LogP contribution in [0.15, 0.2) is 54.6 Å². The van der Waals surface area contributed by atoms with Crippen molar-refractivity contribution in [3.63, 3.8) is 0 Å². The molecule has 128 valence electrons. The molecule has 0 unspecified atom stereocenters. The second kappa shape index (κ2) is 8.65. The van der Waals surface area contributed by atoms with E-state index in [0.717, 1.165) is 29.6 Å². The van der Waals surface area contributed by atoms with Gasteiger partial charge in [0.25, 0.3) is 0 Å². The molecule has 0 aliphatic rings. The molecule has 0 aliphatic carbocycles. The minimum absolute atomic E-state index is 0.0520. The molecule has 0 aliphatic heterocycles. The lowest BCUT2D eigenvalue weighted by Gasteiger charge is -2.30. The van der Waals surface area contributed by atoms with E-state index in [-0.39, 0.29) is 12.3 Å². The van der Waals surface area contributed by atoms with E-state index in [1.807, 2.05) is 68.4 Å². The normalized spacial score (nSPS) is 13.5. The van der Waals surface area contributed by atoms with E-state index in [9.17, 15) is 9.90 Å². The van der Waals surface area contributed by atoms with E-state index in [1.54, 1.807) is 0 Å². The van der Waals surface area contributed by atoms with Gasteiger partial charge in [-0.05, 0) is 42.0 Å². The molecule has 0 radical (unpaired) electrons. The summed E-state index contributed by atoms with van der Waals surface area (Å²) in [7, 11) is 0. The van der Waals surface area contributed by atoms with E-state index in [2.05, 4.69) is 0 Å². The summed E-state index contributed by atoms with van der Waals surface area (Å²) < 4.78 is 5.77. The first-order valence-electron chi connectivity index (χ1n) is 8.45. The van der Waals surface area contributed by atoms with Crippen molar-refractivity contribution in [2.24, 2.45) is 5.92 Å². The Kier molecular flexibility index (Phi) is 6.56. The summed E-state index contributed by atoms with van der Waals surface area (Å²) in [6.07, 6.45) is 2.30. The number of carbonyl (C=O) groups is 1. The van der Waals surface area contributed by atoms with Gasteiger partial charge >= 0.3 is 0 Å². The summed E-state index contributed by atoms with van der Waals surface area (Å²) in [6, 6.07) is 18.0. The Labute approximate surface area is 144 Å². The van der Waals surface area contributed by atoms with Crippen molar-refractivity contribution < 1.29 is 14.6 Å². The van der Waals surface area contributed by atoms with Crippen LogP contribution in [-0.2, 0) is 17.8 Å². The predicted molar refractivity (Wildman–Crippen MR) is 96.0 cm³/mol. The van der Waals surface area contributed by atoms with Crippen molar-refractivity contribution in [1.29, 1.82) is 0 Å². The van der Waals surface area contributed by atoms with Crippen LogP contribution in [0.25, 0.3) is 0 Å². The number of ether oxygens (including phenoxy) is 1. The highest BCUT2D eigenvalue weighted by atomic mass is 16.5. The maximum Gasteiger partial charge on any atom is 0.122 e. The van der Waals surface area contributed by atoms with Gasteiger partial charge in [-0.1, -0.05) is 56.3 Å². The SMILES string of the molecule is CC(C)[C@@](O)(CC=O)CCc1ccc(OCc2ccccc2)cc1. The van der Waals surface area contributed by atoms with Gasteiger partial charge in [0.15, 0.2) is 0 Å². The third-order valence-corrected chi connectivity index (χ3v) is 4.53. The van der Waals surface area contributed by atoms with Crippen LogP contribution < -0.4 is 4.74 Å². The largest absolute Gasteiger partial charge is 0.489 e. The maximum absolute atomic E-state index is 10.8. The van der Waals surface area contributed by atoms with Crippen molar-refractivity contribution in [3.05, 3.63) is 65.7 Å². The van der Waals surface area contributed by atoms with E-state index in [0.29, 0.717) is 13.0 Å². The van der Waals surface area contributed by atoms with Crippen LogP contribution in [0, 0.1) is 5.92 Å². The number of rotatable bonds is 9. The number of carbonyl (C=O) groups excluding carboxylic acids is 1. The fourth-order valence-electron chi connectivity index (χ4n) is 2.62. The lowest BCUT2D eigenvalue weighted by molar-refractivity contribution is -0.114. The lowest BCUT2D eigenvalue weighted by atomic mass is 9.82. The molecule has 0 aromatic heterocycles. The summed E-state index contributed by atoms with van der Waals surface area (Å²) in [4.78, 5) is 10.8. The van der Waals surface area contributed by atoms with Crippen molar-refractivity contribution >= 4 is 6.29 Å². The van der Waals surface area contributed by atoms with Gasteiger partial charge < -0.3 is 14.6 Å². The highest BCUT2D eigenvalue weighted by molar-refractivity contribution is 5.51. The molecule has 0 amide bonds. The van der Waals surface area contributed by atoms with Gasteiger partial charge in [0, 0.05) is 6.42 Å². The summed E-state index contributed by atoms with van der Waals surface area (Å²) in [5.41, 5.74) is 1.34. The van der Waals surface area contributed by atoms with Crippen LogP contribution >= 0.6 is 0 Å². The third kappa shape index (κ3) is 5.20. The van der Waals surface area contributed by atoms with Crippen LogP contribution in [0.3, 0.4) is 0 Å². The molecule has 1 atom stereocenters. The second-order valence-corrected chi connectivity index (χ2v) is 6.55. The molecule has 0 bridgehead atoms. The maximum atomic E-state index is 10.8. The molecule has 0 fully saturated rings. The molecule has 24 heavy (non-hydrogen) atoms. The van der Waals surface area contributed by atoms with Gasteiger partial charge in [0.05, 0.1) is 5.60 Å². The second-order valence-electron chi connectivity index (χ2n) is 6.55. The molecule has 3 nitrogen and oxygen atoms in total. The average Bonchev–Trinajstić information content (AvgIpc) is 2.60. The minimum Gasteiger partial charge on any atom is -0.489 e. The number of hydrogen-bond acceptors (Lipinski definition) is 3. The summed E-state index contributed by atoms with van der Waals surface area (Å²) >= 11 is 0. The Balaban J connectivity index is 1.88. The summed E-state index contributed by atoms with van der Waals surface area (Å²) in [6.45, 7) is 4.45. The number of benzene rings is 2. The van der Waals surface area contributed by atoms with Crippen molar-refractivity contribution in [2.75, 3.05) is 0 Å². The zero-order valence-electron chi connectivity index (χ0n) is 14.4. The monoisotopic (exact) mass is 326 g/mol. The first-order chi connectivity index (χ1) is 11.5. The van der Waals surface area contributed by atoms with Gasteiger partial charge in [-0.2, -0.15) is 0 Å². The van der Waals surface area contributed by atoms with Gasteiger partial charge in [0.2, 0.25) is 0 Å². The molecule has 2 aromatic rings. The van der Waals surface area contributed by atoms with Crippen LogP contribution in [-0.4, -0.2) is 17.0 Å². The molecule has 2 rings (SSSR count). The van der Waals surface area contributed by atoms with Crippen molar-refractivity contribution in [2.45, 2.75) is 45.3 Å². The Morgan fingerprint density at radius 1 is 1.04 bits per heavy atom. The summed E-state index contributed by atoms with van der Waals surface area (Å²) in [5, 5.41) is 10.6. The van der Waals surface area contributed by atoms with E-state index < -0.39 is 5.60 Å². The predicted octanol–water partition coefficient (Wildman–Crippen LogP) is 4.17. The zero-order chi connectivity index (χ0) is 17.4. The number of aliphatic hydroxyl groups is 1. The lowest BCUT2D eigenvalue weighted by Crippen LogP contribution is -2.36. The van der Waals surface area contributed by atoms with Crippen molar-refractivity contribution in [3.8, 4) is 5.75 Å². The molecule has 0 heterocycles. The van der Waals surface area contributed by atoms with E-state index >= 15 is 0 Å². The average molecular weight is 326 g/mol.